The first kappa shape index (κ1) is 12.3. The molecule has 0 aromatic carbocycles. The molecule has 6 heteroatoms. The summed E-state index contributed by atoms with van der Waals surface area (Å²) in [7, 11) is -1.29. The molecule has 0 fully saturated rings. The van der Waals surface area contributed by atoms with Crippen LogP contribution in [-0.4, -0.2) is 25.5 Å². The SMILES string of the molecule is CC(C)[S@](=O)c1nc(C(=O)O)ccc1Br. The Morgan fingerprint density at radius 3 is 2.60 bits per heavy atom. The highest BCUT2D eigenvalue weighted by molar-refractivity contribution is 9.10. The van der Waals surface area contributed by atoms with E-state index in [1.807, 2.05) is 0 Å². The van der Waals surface area contributed by atoms with Crippen LogP contribution in [0, 0.1) is 0 Å². The van der Waals surface area contributed by atoms with Crippen molar-refractivity contribution >= 4 is 32.7 Å². The summed E-state index contributed by atoms with van der Waals surface area (Å²) in [5, 5.41) is 8.93. The highest BCUT2D eigenvalue weighted by atomic mass is 79.9. The molecule has 0 aliphatic carbocycles. The van der Waals surface area contributed by atoms with Crippen molar-refractivity contribution in [3.63, 3.8) is 0 Å². The van der Waals surface area contributed by atoms with Gasteiger partial charge in [-0.3, -0.25) is 4.21 Å². The minimum Gasteiger partial charge on any atom is -0.477 e. The number of carboxylic acids is 1. The highest BCUT2D eigenvalue weighted by Gasteiger charge is 2.16. The van der Waals surface area contributed by atoms with E-state index >= 15 is 0 Å². The van der Waals surface area contributed by atoms with E-state index in [1.165, 1.54) is 6.07 Å². The van der Waals surface area contributed by atoms with Crippen LogP contribution in [0.4, 0.5) is 0 Å². The number of nitrogens with zero attached hydrogens (tertiary/aromatic N) is 1. The molecule has 1 N–H and O–H groups in total. The topological polar surface area (TPSA) is 67.3 Å². The second-order valence-corrected chi connectivity index (χ2v) is 5.91. The number of hydrogen-bond donors (Lipinski definition) is 1. The zero-order chi connectivity index (χ0) is 11.6. The molecular weight excluding hydrogens is 282 g/mol. The summed E-state index contributed by atoms with van der Waals surface area (Å²) >= 11 is 3.20. The Balaban J connectivity index is 3.22. The number of rotatable bonds is 3. The molecule has 0 bridgehead atoms. The third-order valence-corrected chi connectivity index (χ3v) is 4.10. The van der Waals surface area contributed by atoms with Crippen LogP contribution in [-0.2, 0) is 10.8 Å². The average molecular weight is 292 g/mol. The van der Waals surface area contributed by atoms with E-state index < -0.39 is 16.8 Å². The third-order valence-electron chi connectivity index (χ3n) is 1.65. The van der Waals surface area contributed by atoms with E-state index in [9.17, 15) is 9.00 Å². The van der Waals surface area contributed by atoms with Crippen LogP contribution in [0.1, 0.15) is 24.3 Å². The normalized spacial score (nSPS) is 12.8. The van der Waals surface area contributed by atoms with Crippen LogP contribution in [0.15, 0.2) is 21.6 Å². The molecule has 0 amide bonds. The number of aromatic nitrogens is 1. The molecule has 0 radical (unpaired) electrons. The van der Waals surface area contributed by atoms with Gasteiger partial charge in [0.25, 0.3) is 0 Å². The molecule has 1 atom stereocenters. The van der Waals surface area contributed by atoms with E-state index in [1.54, 1.807) is 19.9 Å². The zero-order valence-electron chi connectivity index (χ0n) is 8.23. The van der Waals surface area contributed by atoms with Gasteiger partial charge in [-0.2, -0.15) is 0 Å². The summed E-state index contributed by atoms with van der Waals surface area (Å²) in [4.78, 5) is 14.5. The van der Waals surface area contributed by atoms with E-state index in [4.69, 9.17) is 5.11 Å². The average Bonchev–Trinajstić information content (AvgIpc) is 2.16. The predicted molar refractivity (Wildman–Crippen MR) is 60.4 cm³/mol. The van der Waals surface area contributed by atoms with Crippen LogP contribution < -0.4 is 0 Å². The molecule has 82 valence electrons. The van der Waals surface area contributed by atoms with Crippen molar-refractivity contribution < 1.29 is 14.1 Å². The Labute approximate surface area is 98.3 Å². The standard InChI is InChI=1S/C9H10BrNO3S/c1-5(2)15(14)8-6(10)3-4-7(11-8)9(12)13/h3-5H,1-2H3,(H,12,13)/t15-/m0/s1. The van der Waals surface area contributed by atoms with Gasteiger partial charge in [-0.15, -0.1) is 0 Å². The summed E-state index contributed by atoms with van der Waals surface area (Å²) in [5.41, 5.74) is -0.0952. The maximum absolute atomic E-state index is 11.8. The van der Waals surface area contributed by atoms with Crippen molar-refractivity contribution in [3.05, 3.63) is 22.3 Å². The molecule has 15 heavy (non-hydrogen) atoms. The van der Waals surface area contributed by atoms with Gasteiger partial charge in [0.1, 0.15) is 10.7 Å². The lowest BCUT2D eigenvalue weighted by Gasteiger charge is -2.07. The fourth-order valence-electron chi connectivity index (χ4n) is 0.907. The van der Waals surface area contributed by atoms with Gasteiger partial charge < -0.3 is 5.11 Å². The van der Waals surface area contributed by atoms with Crippen LogP contribution in [0.25, 0.3) is 0 Å². The van der Waals surface area contributed by atoms with E-state index in [2.05, 4.69) is 20.9 Å². The van der Waals surface area contributed by atoms with Crippen LogP contribution in [0.2, 0.25) is 0 Å². The van der Waals surface area contributed by atoms with Gasteiger partial charge in [-0.1, -0.05) is 13.8 Å². The molecule has 1 aromatic heterocycles. The number of carbonyl (C=O) groups is 1. The Morgan fingerprint density at radius 2 is 2.13 bits per heavy atom. The molecular formula is C9H10BrNO3S. The lowest BCUT2D eigenvalue weighted by Crippen LogP contribution is -2.11. The molecule has 1 aromatic rings. The molecule has 1 rings (SSSR count). The number of pyridine rings is 1. The van der Waals surface area contributed by atoms with E-state index in [0.29, 0.717) is 4.47 Å². The van der Waals surface area contributed by atoms with Crippen molar-refractivity contribution in [3.8, 4) is 0 Å². The molecule has 0 aliphatic heterocycles. The smallest absolute Gasteiger partial charge is 0.354 e. The minimum absolute atomic E-state index is 0.0952. The molecule has 0 spiro atoms. The van der Waals surface area contributed by atoms with E-state index in [-0.39, 0.29) is 16.0 Å². The van der Waals surface area contributed by atoms with Gasteiger partial charge in [-0.05, 0) is 28.1 Å². The minimum atomic E-state index is -1.29. The molecule has 0 unspecified atom stereocenters. The lowest BCUT2D eigenvalue weighted by molar-refractivity contribution is 0.0689. The fourth-order valence-corrected chi connectivity index (χ4v) is 2.50. The maximum atomic E-state index is 11.8. The first-order valence-corrected chi connectivity index (χ1v) is 6.24. The molecule has 1 heterocycles. The van der Waals surface area contributed by atoms with Gasteiger partial charge >= 0.3 is 5.97 Å². The predicted octanol–water partition coefficient (Wildman–Crippen LogP) is 2.06. The second-order valence-electron chi connectivity index (χ2n) is 3.13. The van der Waals surface area contributed by atoms with Crippen molar-refractivity contribution in [2.45, 2.75) is 24.1 Å². The summed E-state index contributed by atoms with van der Waals surface area (Å²) in [6, 6.07) is 2.92. The first-order chi connectivity index (χ1) is 6.93. The Hall–Kier alpha value is -0.750. The first-order valence-electron chi connectivity index (χ1n) is 4.24. The second kappa shape index (κ2) is 4.85. The third kappa shape index (κ3) is 2.85. The number of halogens is 1. The monoisotopic (exact) mass is 291 g/mol. The summed E-state index contributed by atoms with van der Waals surface area (Å²) < 4.78 is 12.3. The lowest BCUT2D eigenvalue weighted by atomic mass is 10.4. The van der Waals surface area contributed by atoms with Gasteiger partial charge in [0.2, 0.25) is 0 Å². The fraction of sp³-hybridized carbons (Fsp3) is 0.333. The van der Waals surface area contributed by atoms with Gasteiger partial charge in [0.05, 0.1) is 15.3 Å². The Morgan fingerprint density at radius 1 is 1.53 bits per heavy atom. The molecule has 0 saturated heterocycles. The summed E-state index contributed by atoms with van der Waals surface area (Å²) in [6.45, 7) is 3.58. The van der Waals surface area contributed by atoms with Gasteiger partial charge in [0, 0.05) is 5.25 Å². The highest BCUT2D eigenvalue weighted by Crippen LogP contribution is 2.20. The molecule has 0 aliphatic rings. The number of aromatic carboxylic acids is 1. The largest absolute Gasteiger partial charge is 0.477 e. The van der Waals surface area contributed by atoms with Gasteiger partial charge in [-0.25, -0.2) is 9.78 Å². The molecule has 4 nitrogen and oxygen atoms in total. The Bertz CT molecular complexity index is 420. The molecule has 0 saturated carbocycles. The number of hydrogen-bond acceptors (Lipinski definition) is 3. The van der Waals surface area contributed by atoms with Crippen molar-refractivity contribution in [2.24, 2.45) is 0 Å². The van der Waals surface area contributed by atoms with Crippen LogP contribution in [0.5, 0.6) is 0 Å². The maximum Gasteiger partial charge on any atom is 0.354 e. The van der Waals surface area contributed by atoms with E-state index in [0.717, 1.165) is 0 Å². The zero-order valence-corrected chi connectivity index (χ0v) is 10.6. The van der Waals surface area contributed by atoms with Gasteiger partial charge in [0.15, 0.2) is 0 Å². The van der Waals surface area contributed by atoms with Crippen molar-refractivity contribution in [1.82, 2.24) is 4.98 Å². The summed E-state index contributed by atoms with van der Waals surface area (Å²) in [5.74, 6) is -1.12. The summed E-state index contributed by atoms with van der Waals surface area (Å²) in [6.07, 6.45) is 0. The van der Waals surface area contributed by atoms with Crippen molar-refractivity contribution in [1.29, 1.82) is 0 Å². The van der Waals surface area contributed by atoms with Crippen LogP contribution >= 0.6 is 15.9 Å². The Kier molecular flexibility index (Phi) is 3.98. The number of carboxylic acid groups (broad SMARTS) is 1. The quantitative estimate of drug-likeness (QED) is 0.926. The van der Waals surface area contributed by atoms with Crippen molar-refractivity contribution in [2.75, 3.05) is 0 Å². The van der Waals surface area contributed by atoms with Crippen LogP contribution in [0.3, 0.4) is 0 Å².